The van der Waals surface area contributed by atoms with Crippen LogP contribution in [-0.2, 0) is 9.53 Å². The van der Waals surface area contributed by atoms with Gasteiger partial charge in [0.2, 0.25) is 0 Å². The summed E-state index contributed by atoms with van der Waals surface area (Å²) >= 11 is 0. The second-order valence-corrected chi connectivity index (χ2v) is 6.05. The Balaban J connectivity index is 1.94. The van der Waals surface area contributed by atoms with Crippen LogP contribution in [0.4, 0.5) is 5.69 Å². The molecule has 0 spiro atoms. The van der Waals surface area contributed by atoms with Gasteiger partial charge < -0.3 is 15.8 Å². The van der Waals surface area contributed by atoms with E-state index in [2.05, 4.69) is 5.32 Å². The number of hydrogen-bond acceptors (Lipinski definition) is 4. The summed E-state index contributed by atoms with van der Waals surface area (Å²) in [5.41, 5.74) is 9.51. The number of ether oxygens (including phenoxy) is 1. The van der Waals surface area contributed by atoms with E-state index in [1.165, 1.54) is 0 Å². The molecule has 3 N–H and O–H groups in total. The molecular weight excluding hydrogens is 316 g/mol. The average Bonchev–Trinajstić information content (AvgIpc) is 2.61. The molecule has 0 saturated heterocycles. The van der Waals surface area contributed by atoms with Crippen molar-refractivity contribution < 1.29 is 14.3 Å². The summed E-state index contributed by atoms with van der Waals surface area (Å²) in [5, 5.41) is 2.89. The maximum Gasteiger partial charge on any atom is 0.340 e. The third kappa shape index (κ3) is 4.83. The van der Waals surface area contributed by atoms with Crippen LogP contribution in [0, 0.1) is 13.8 Å². The molecule has 5 nitrogen and oxygen atoms in total. The van der Waals surface area contributed by atoms with E-state index in [-0.39, 0.29) is 24.1 Å². The first-order valence-electron chi connectivity index (χ1n) is 8.30. The average molecular weight is 340 g/mol. The highest BCUT2D eigenvalue weighted by Gasteiger charge is 2.16. The van der Waals surface area contributed by atoms with Gasteiger partial charge in [0.1, 0.15) is 0 Å². The minimum atomic E-state index is -0.597. The molecule has 5 heteroatoms. The van der Waals surface area contributed by atoms with Gasteiger partial charge >= 0.3 is 5.97 Å². The molecule has 0 aliphatic rings. The molecule has 0 saturated carbocycles. The van der Waals surface area contributed by atoms with Crippen LogP contribution in [0.15, 0.2) is 42.5 Å². The molecule has 2 aromatic rings. The van der Waals surface area contributed by atoms with E-state index in [9.17, 15) is 9.59 Å². The van der Waals surface area contributed by atoms with Gasteiger partial charge in [-0.1, -0.05) is 48.9 Å². The summed E-state index contributed by atoms with van der Waals surface area (Å²) < 4.78 is 5.10. The molecule has 2 rings (SSSR count). The highest BCUT2D eigenvalue weighted by atomic mass is 16.5. The van der Waals surface area contributed by atoms with E-state index in [0.29, 0.717) is 5.69 Å². The second-order valence-electron chi connectivity index (χ2n) is 6.05. The Hall–Kier alpha value is -2.82. The number of nitrogen functional groups attached to an aromatic ring is 1. The third-order valence-corrected chi connectivity index (χ3v) is 4.10. The first-order chi connectivity index (χ1) is 11.9. The van der Waals surface area contributed by atoms with Gasteiger partial charge in [-0.15, -0.1) is 0 Å². The van der Waals surface area contributed by atoms with Gasteiger partial charge in [-0.05, 0) is 37.5 Å². The monoisotopic (exact) mass is 340 g/mol. The number of carbonyl (C=O) groups is 2. The fourth-order valence-electron chi connectivity index (χ4n) is 2.52. The summed E-state index contributed by atoms with van der Waals surface area (Å²) in [7, 11) is 0. The van der Waals surface area contributed by atoms with E-state index >= 15 is 0 Å². The van der Waals surface area contributed by atoms with Gasteiger partial charge in [0.15, 0.2) is 6.61 Å². The Bertz CT molecular complexity index is 754. The first kappa shape index (κ1) is 18.5. The first-order valence-corrected chi connectivity index (χ1v) is 8.30. The quantitative estimate of drug-likeness (QED) is 0.624. The topological polar surface area (TPSA) is 81.4 Å². The number of benzene rings is 2. The fourth-order valence-corrected chi connectivity index (χ4v) is 2.52. The number of amides is 1. The van der Waals surface area contributed by atoms with Crippen molar-refractivity contribution in [2.45, 2.75) is 33.2 Å². The lowest BCUT2D eigenvalue weighted by molar-refractivity contribution is -0.125. The van der Waals surface area contributed by atoms with Gasteiger partial charge in [0.05, 0.1) is 11.6 Å². The van der Waals surface area contributed by atoms with Crippen LogP contribution in [0.2, 0.25) is 0 Å². The molecule has 25 heavy (non-hydrogen) atoms. The van der Waals surface area contributed by atoms with Crippen molar-refractivity contribution in [3.05, 3.63) is 64.7 Å². The van der Waals surface area contributed by atoms with Gasteiger partial charge in [-0.2, -0.15) is 0 Å². The number of rotatable bonds is 6. The zero-order chi connectivity index (χ0) is 18.4. The lowest BCUT2D eigenvalue weighted by Crippen LogP contribution is -2.32. The van der Waals surface area contributed by atoms with E-state index < -0.39 is 5.97 Å². The molecule has 1 amide bonds. The smallest absolute Gasteiger partial charge is 0.340 e. The number of nitrogens with two attached hydrogens (primary N) is 1. The lowest BCUT2D eigenvalue weighted by Gasteiger charge is -2.18. The predicted molar refractivity (Wildman–Crippen MR) is 98.2 cm³/mol. The van der Waals surface area contributed by atoms with E-state index in [4.69, 9.17) is 10.5 Å². The summed E-state index contributed by atoms with van der Waals surface area (Å²) in [6.45, 7) is 5.48. The number of para-hydroxylation sites is 1. The van der Waals surface area contributed by atoms with Crippen LogP contribution in [0.25, 0.3) is 0 Å². The standard InChI is InChI=1S/C20H24N2O3/c1-4-17(15-10-8-13(2)9-11-15)22-18(23)12-25-20(24)16-7-5-6-14(3)19(16)21/h5-11,17H,4,12,21H2,1-3H3,(H,22,23)/t17-/m0/s1. The maximum absolute atomic E-state index is 12.1. The van der Waals surface area contributed by atoms with E-state index in [1.54, 1.807) is 12.1 Å². The summed E-state index contributed by atoms with van der Waals surface area (Å²) in [6, 6.07) is 13.0. The highest BCUT2D eigenvalue weighted by Crippen LogP contribution is 2.18. The normalized spacial score (nSPS) is 11.6. The number of nitrogens with one attached hydrogen (secondary N) is 1. The molecule has 132 valence electrons. The molecule has 0 aliphatic heterocycles. The zero-order valence-electron chi connectivity index (χ0n) is 14.8. The molecule has 0 unspecified atom stereocenters. The predicted octanol–water partition coefficient (Wildman–Crippen LogP) is 3.31. The largest absolute Gasteiger partial charge is 0.452 e. The van der Waals surface area contributed by atoms with Crippen molar-refractivity contribution >= 4 is 17.6 Å². The number of carbonyl (C=O) groups excluding carboxylic acids is 2. The van der Waals surface area contributed by atoms with Crippen LogP contribution in [0.5, 0.6) is 0 Å². The van der Waals surface area contributed by atoms with Gasteiger partial charge in [-0.25, -0.2) is 4.79 Å². The number of anilines is 1. The van der Waals surface area contributed by atoms with Crippen molar-refractivity contribution in [2.75, 3.05) is 12.3 Å². The van der Waals surface area contributed by atoms with Gasteiger partial charge in [-0.3, -0.25) is 4.79 Å². The Labute approximate surface area is 148 Å². The fraction of sp³-hybridized carbons (Fsp3) is 0.300. The van der Waals surface area contributed by atoms with Gasteiger partial charge in [0.25, 0.3) is 5.91 Å². The van der Waals surface area contributed by atoms with Crippen LogP contribution >= 0.6 is 0 Å². The molecule has 0 radical (unpaired) electrons. The zero-order valence-corrected chi connectivity index (χ0v) is 14.8. The molecule has 0 fully saturated rings. The Morgan fingerprint density at radius 3 is 2.44 bits per heavy atom. The van der Waals surface area contributed by atoms with Crippen molar-refractivity contribution in [3.8, 4) is 0 Å². The minimum Gasteiger partial charge on any atom is -0.452 e. The van der Waals surface area contributed by atoms with Crippen molar-refractivity contribution in [1.82, 2.24) is 5.32 Å². The van der Waals surface area contributed by atoms with E-state index in [0.717, 1.165) is 23.1 Å². The van der Waals surface area contributed by atoms with Gasteiger partial charge in [0, 0.05) is 5.69 Å². The number of hydrogen-bond donors (Lipinski definition) is 2. The van der Waals surface area contributed by atoms with Crippen LogP contribution < -0.4 is 11.1 Å². The summed E-state index contributed by atoms with van der Waals surface area (Å²) in [5.74, 6) is -0.938. The minimum absolute atomic E-state index is 0.115. The maximum atomic E-state index is 12.1. The van der Waals surface area contributed by atoms with Crippen LogP contribution in [0.3, 0.4) is 0 Å². The van der Waals surface area contributed by atoms with Crippen LogP contribution in [-0.4, -0.2) is 18.5 Å². The Kier molecular flexibility index (Phi) is 6.17. The third-order valence-electron chi connectivity index (χ3n) is 4.10. The molecule has 2 aromatic carbocycles. The van der Waals surface area contributed by atoms with Crippen molar-refractivity contribution in [3.63, 3.8) is 0 Å². The van der Waals surface area contributed by atoms with E-state index in [1.807, 2.05) is 51.1 Å². The number of aryl methyl sites for hydroxylation is 2. The van der Waals surface area contributed by atoms with Crippen molar-refractivity contribution in [1.29, 1.82) is 0 Å². The highest BCUT2D eigenvalue weighted by molar-refractivity contribution is 5.96. The molecule has 0 heterocycles. The Morgan fingerprint density at radius 2 is 1.80 bits per heavy atom. The molecule has 0 bridgehead atoms. The molecule has 0 aromatic heterocycles. The SMILES string of the molecule is CC[C@H](NC(=O)COC(=O)c1cccc(C)c1N)c1ccc(C)cc1. The van der Waals surface area contributed by atoms with Crippen molar-refractivity contribution in [2.24, 2.45) is 0 Å². The second kappa shape index (κ2) is 8.33. The summed E-state index contributed by atoms with van der Waals surface area (Å²) in [6.07, 6.45) is 0.744. The Morgan fingerprint density at radius 1 is 1.12 bits per heavy atom. The number of esters is 1. The molecular formula is C20H24N2O3. The molecule has 0 aliphatic carbocycles. The molecule has 1 atom stereocenters. The summed E-state index contributed by atoms with van der Waals surface area (Å²) in [4.78, 5) is 24.2. The lowest BCUT2D eigenvalue weighted by atomic mass is 10.0. The van der Waals surface area contributed by atoms with Crippen LogP contribution in [0.1, 0.15) is 46.4 Å².